The largest absolute Gasteiger partial charge is 0.444 e. The first-order chi connectivity index (χ1) is 8.74. The van der Waals surface area contributed by atoms with Crippen LogP contribution in [0, 0.1) is 5.92 Å². The summed E-state index contributed by atoms with van der Waals surface area (Å²) in [5.74, 6) is 0.467. The van der Waals surface area contributed by atoms with E-state index in [1.165, 1.54) is 0 Å². The molecule has 0 N–H and O–H groups in total. The molecular weight excluding hydrogens is 268 g/mol. The van der Waals surface area contributed by atoms with Crippen LogP contribution < -0.4 is 0 Å². The van der Waals surface area contributed by atoms with Gasteiger partial charge in [-0.25, -0.2) is 4.79 Å². The lowest BCUT2D eigenvalue weighted by atomic mass is 10.0. The Morgan fingerprint density at radius 3 is 2.47 bits per heavy atom. The summed E-state index contributed by atoms with van der Waals surface area (Å²) >= 11 is 5.95. The molecule has 0 radical (unpaired) electrons. The molecule has 0 bridgehead atoms. The minimum atomic E-state index is -0.459. The maximum Gasteiger partial charge on any atom is 0.410 e. The topological polar surface area (TPSA) is 49.9 Å². The molecule has 2 aliphatic rings. The first-order valence-corrected chi connectivity index (χ1v) is 7.08. The second-order valence-corrected chi connectivity index (χ2v) is 6.97. The van der Waals surface area contributed by atoms with Crippen LogP contribution in [-0.2, 0) is 9.53 Å². The second kappa shape index (κ2) is 5.19. The highest BCUT2D eigenvalue weighted by molar-refractivity contribution is 6.22. The fourth-order valence-electron chi connectivity index (χ4n) is 2.37. The normalized spacial score (nSPS) is 24.6. The number of rotatable bonds is 2. The summed E-state index contributed by atoms with van der Waals surface area (Å²) in [6, 6.07) is 0. The van der Waals surface area contributed by atoms with E-state index < -0.39 is 5.60 Å². The van der Waals surface area contributed by atoms with Gasteiger partial charge in [-0.15, -0.1) is 11.6 Å². The molecule has 0 aliphatic carbocycles. The van der Waals surface area contributed by atoms with E-state index in [1.54, 1.807) is 9.80 Å². The number of hydrogen-bond acceptors (Lipinski definition) is 3. The van der Waals surface area contributed by atoms with Crippen molar-refractivity contribution in [3.8, 4) is 0 Å². The molecule has 2 saturated heterocycles. The number of carbonyl (C=O) groups is 2. The van der Waals surface area contributed by atoms with Gasteiger partial charge in [-0.05, 0) is 20.8 Å². The first kappa shape index (κ1) is 14.4. The molecule has 2 rings (SSSR count). The summed E-state index contributed by atoms with van der Waals surface area (Å²) in [7, 11) is 0. The highest BCUT2D eigenvalue weighted by Crippen LogP contribution is 2.23. The highest BCUT2D eigenvalue weighted by atomic mass is 35.5. The molecular formula is C13H21ClN2O3. The summed E-state index contributed by atoms with van der Waals surface area (Å²) < 4.78 is 5.28. The van der Waals surface area contributed by atoms with E-state index in [0.717, 1.165) is 0 Å². The van der Waals surface area contributed by atoms with Gasteiger partial charge in [0.2, 0.25) is 5.91 Å². The van der Waals surface area contributed by atoms with Crippen LogP contribution in [0.15, 0.2) is 0 Å². The van der Waals surface area contributed by atoms with E-state index in [0.29, 0.717) is 38.5 Å². The molecule has 0 spiro atoms. The fraction of sp³-hybridized carbons (Fsp3) is 0.846. The van der Waals surface area contributed by atoms with Crippen molar-refractivity contribution in [1.29, 1.82) is 0 Å². The van der Waals surface area contributed by atoms with Crippen molar-refractivity contribution in [3.63, 3.8) is 0 Å². The molecule has 5 nitrogen and oxygen atoms in total. The van der Waals surface area contributed by atoms with Crippen molar-refractivity contribution < 1.29 is 14.3 Å². The molecule has 6 heteroatoms. The van der Waals surface area contributed by atoms with Crippen molar-refractivity contribution >= 4 is 23.6 Å². The molecule has 19 heavy (non-hydrogen) atoms. The van der Waals surface area contributed by atoms with Gasteiger partial charge >= 0.3 is 6.09 Å². The number of ether oxygens (including phenoxy) is 1. The predicted molar refractivity (Wildman–Crippen MR) is 72.1 cm³/mol. The molecule has 2 fully saturated rings. The number of alkyl halides is 1. The molecule has 1 atom stereocenters. The van der Waals surface area contributed by atoms with E-state index in [-0.39, 0.29) is 17.4 Å². The van der Waals surface area contributed by atoms with Gasteiger partial charge in [0, 0.05) is 38.5 Å². The van der Waals surface area contributed by atoms with Crippen LogP contribution >= 0.6 is 11.6 Å². The van der Waals surface area contributed by atoms with Crippen molar-refractivity contribution in [2.45, 2.75) is 38.2 Å². The molecule has 2 heterocycles. The third-order valence-corrected chi connectivity index (χ3v) is 3.55. The number of carbonyl (C=O) groups excluding carboxylic acids is 2. The van der Waals surface area contributed by atoms with Crippen LogP contribution in [0.25, 0.3) is 0 Å². The van der Waals surface area contributed by atoms with Crippen molar-refractivity contribution in [2.24, 2.45) is 5.92 Å². The molecule has 1 unspecified atom stereocenters. The van der Waals surface area contributed by atoms with Crippen molar-refractivity contribution in [3.05, 3.63) is 0 Å². The third-order valence-electron chi connectivity index (χ3n) is 3.25. The minimum absolute atomic E-state index is 0.0606. The molecule has 2 amide bonds. The maximum atomic E-state index is 11.7. The highest BCUT2D eigenvalue weighted by Gasteiger charge is 2.37. The summed E-state index contributed by atoms with van der Waals surface area (Å²) in [6.07, 6.45) is 0.163. The van der Waals surface area contributed by atoms with Crippen LogP contribution in [-0.4, -0.2) is 59.0 Å². The Kier molecular flexibility index (Phi) is 3.95. The number of amides is 2. The van der Waals surface area contributed by atoms with Gasteiger partial charge in [0.25, 0.3) is 0 Å². The van der Waals surface area contributed by atoms with Gasteiger partial charge in [-0.1, -0.05) is 0 Å². The predicted octanol–water partition coefficient (Wildman–Crippen LogP) is 1.69. The van der Waals surface area contributed by atoms with E-state index in [9.17, 15) is 9.59 Å². The van der Waals surface area contributed by atoms with Crippen LogP contribution in [0.4, 0.5) is 4.79 Å². The minimum Gasteiger partial charge on any atom is -0.444 e. The monoisotopic (exact) mass is 288 g/mol. The Labute approximate surface area is 118 Å². The van der Waals surface area contributed by atoms with Gasteiger partial charge in [-0.2, -0.15) is 0 Å². The van der Waals surface area contributed by atoms with Gasteiger partial charge in [-0.3, -0.25) is 4.79 Å². The fourth-order valence-corrected chi connectivity index (χ4v) is 2.67. The Hall–Kier alpha value is -0.970. The summed E-state index contributed by atoms with van der Waals surface area (Å²) in [5.41, 5.74) is -0.459. The standard InChI is InChI=1S/C13H21ClN2O3/c1-13(2,3)19-12(18)16-6-9(7-16)5-15-8-10(14)4-11(15)17/h9-10H,4-8H2,1-3H3. The third kappa shape index (κ3) is 3.75. The SMILES string of the molecule is CC(C)(C)OC(=O)N1CC(CN2CC(Cl)CC2=O)C1. The molecule has 2 aliphatic heterocycles. The molecule has 0 aromatic rings. The molecule has 0 aromatic carbocycles. The van der Waals surface area contributed by atoms with Crippen LogP contribution in [0.5, 0.6) is 0 Å². The maximum absolute atomic E-state index is 11.7. The zero-order valence-corrected chi connectivity index (χ0v) is 12.4. The smallest absolute Gasteiger partial charge is 0.410 e. The summed E-state index contributed by atoms with van der Waals surface area (Å²) in [5, 5.41) is -0.0606. The van der Waals surface area contributed by atoms with E-state index >= 15 is 0 Å². The Bertz CT molecular complexity index is 375. The Morgan fingerprint density at radius 2 is 2.00 bits per heavy atom. The van der Waals surface area contributed by atoms with Gasteiger partial charge in [0.1, 0.15) is 5.60 Å². The molecule has 0 aromatic heterocycles. The number of likely N-dealkylation sites (tertiary alicyclic amines) is 2. The van der Waals surface area contributed by atoms with Gasteiger partial charge in [0.05, 0.1) is 5.38 Å². The lowest BCUT2D eigenvalue weighted by molar-refractivity contribution is -0.128. The number of halogens is 1. The molecule has 0 saturated carbocycles. The van der Waals surface area contributed by atoms with Crippen molar-refractivity contribution in [2.75, 3.05) is 26.2 Å². The average Bonchev–Trinajstić information content (AvgIpc) is 2.47. The van der Waals surface area contributed by atoms with Crippen molar-refractivity contribution in [1.82, 2.24) is 9.80 Å². The number of hydrogen-bond donors (Lipinski definition) is 0. The van der Waals surface area contributed by atoms with Crippen LogP contribution in [0.2, 0.25) is 0 Å². The first-order valence-electron chi connectivity index (χ1n) is 6.64. The number of nitrogens with zero attached hydrogens (tertiary/aromatic N) is 2. The quantitative estimate of drug-likeness (QED) is 0.727. The van der Waals surface area contributed by atoms with E-state index in [1.807, 2.05) is 20.8 Å². The lowest BCUT2D eigenvalue weighted by Crippen LogP contribution is -2.55. The summed E-state index contributed by atoms with van der Waals surface area (Å²) in [6.45, 7) is 8.20. The van der Waals surface area contributed by atoms with Gasteiger partial charge in [0.15, 0.2) is 0 Å². The van der Waals surface area contributed by atoms with Crippen LogP contribution in [0.3, 0.4) is 0 Å². The van der Waals surface area contributed by atoms with E-state index in [2.05, 4.69) is 0 Å². The Balaban J connectivity index is 1.72. The Morgan fingerprint density at radius 1 is 1.37 bits per heavy atom. The van der Waals surface area contributed by atoms with Gasteiger partial charge < -0.3 is 14.5 Å². The second-order valence-electron chi connectivity index (χ2n) is 6.35. The molecule has 108 valence electrons. The lowest BCUT2D eigenvalue weighted by Gasteiger charge is -2.41. The zero-order valence-electron chi connectivity index (χ0n) is 11.7. The summed E-state index contributed by atoms with van der Waals surface area (Å²) in [4.78, 5) is 26.8. The van der Waals surface area contributed by atoms with E-state index in [4.69, 9.17) is 16.3 Å². The average molecular weight is 289 g/mol. The van der Waals surface area contributed by atoms with Crippen LogP contribution in [0.1, 0.15) is 27.2 Å². The zero-order chi connectivity index (χ0) is 14.2.